The molecule has 1 aliphatic rings. The summed E-state index contributed by atoms with van der Waals surface area (Å²) < 4.78 is 7.29. The van der Waals surface area contributed by atoms with Gasteiger partial charge in [0, 0.05) is 49.4 Å². The van der Waals surface area contributed by atoms with Gasteiger partial charge in [0.15, 0.2) is 0 Å². The smallest absolute Gasteiger partial charge is 0.0541 e. The van der Waals surface area contributed by atoms with Gasteiger partial charge in [-0.05, 0) is 157 Å². The third-order valence-corrected chi connectivity index (χ3v) is 14.3. The Morgan fingerprint density at radius 3 is 1.17 bits per heavy atom. The van der Waals surface area contributed by atoms with E-state index in [1.54, 1.807) is 0 Å². The second-order valence-corrected chi connectivity index (χ2v) is 18.1. The maximum Gasteiger partial charge on any atom is 0.0541 e. The van der Waals surface area contributed by atoms with E-state index >= 15 is 0 Å². The highest BCUT2D eigenvalue weighted by atomic mass is 15.0. The zero-order valence-electron chi connectivity index (χ0n) is 36.0. The van der Waals surface area contributed by atoms with E-state index in [9.17, 15) is 0 Å². The Hall–Kier alpha value is -7.62. The lowest BCUT2D eigenvalue weighted by atomic mass is 9.83. The van der Waals surface area contributed by atoms with Gasteiger partial charge >= 0.3 is 0 Å². The SMILES string of the molecule is Cc1ccc(-n2c3ccc(-c4ccc5c(c4)c4ccccc4n5-c4ccccc4)cc3c3cc(-c4ccc5c(c4)c4cc(C6CCCCC6)ccc4n5-c4ccccc4)ccc32)cc1. The van der Waals surface area contributed by atoms with Crippen LogP contribution >= 0.6 is 0 Å². The molecule has 9 aromatic carbocycles. The van der Waals surface area contributed by atoms with Gasteiger partial charge in [0.25, 0.3) is 0 Å². The number of nitrogens with zero attached hydrogens (tertiary/aromatic N) is 3. The van der Waals surface area contributed by atoms with Gasteiger partial charge < -0.3 is 13.7 Å². The Bertz CT molecular complexity index is 3750. The van der Waals surface area contributed by atoms with Gasteiger partial charge in [0.2, 0.25) is 0 Å². The minimum atomic E-state index is 0.645. The molecule has 3 heteroatoms. The first kappa shape index (κ1) is 37.0. The second kappa shape index (κ2) is 14.7. The molecule has 3 heterocycles. The van der Waals surface area contributed by atoms with E-state index in [-0.39, 0.29) is 0 Å². The first-order valence-corrected chi connectivity index (χ1v) is 23.0. The topological polar surface area (TPSA) is 14.8 Å². The number of aromatic nitrogens is 3. The van der Waals surface area contributed by atoms with Crippen LogP contribution in [0.2, 0.25) is 0 Å². The lowest BCUT2D eigenvalue weighted by Gasteiger charge is -2.22. The number of fused-ring (bicyclic) bond motifs is 9. The van der Waals surface area contributed by atoms with Crippen molar-refractivity contribution in [3.63, 3.8) is 0 Å². The van der Waals surface area contributed by atoms with Gasteiger partial charge in [-0.1, -0.05) is 122 Å². The lowest BCUT2D eigenvalue weighted by molar-refractivity contribution is 0.444. The summed E-state index contributed by atoms with van der Waals surface area (Å²) in [4.78, 5) is 0. The van der Waals surface area contributed by atoms with Crippen LogP contribution in [0.1, 0.15) is 49.1 Å². The Morgan fingerprint density at radius 2 is 0.688 bits per heavy atom. The first-order valence-electron chi connectivity index (χ1n) is 23.0. The summed E-state index contributed by atoms with van der Waals surface area (Å²) >= 11 is 0. The van der Waals surface area contributed by atoms with E-state index in [1.807, 2.05) is 0 Å². The molecule has 0 aliphatic heterocycles. The standard InChI is InChI=1S/C61H47N3/c1-40-21-28-49(29-22-40)64-60-33-26-44(43-24-31-57-51(36-43)50-19-11-12-20-56(50)62(57)47-15-7-3-8-16-47)37-54(60)55-39-46(27-34-61(55)64)45-25-32-59-53(38-45)52-35-42(41-13-5-2-6-14-41)23-30-58(52)63(59)48-17-9-4-10-18-48/h3-4,7-12,15-39,41H,2,5-6,13-14H2,1H3. The van der Waals surface area contributed by atoms with E-state index in [0.29, 0.717) is 5.92 Å². The molecule has 0 saturated heterocycles. The Kier molecular flexibility index (Phi) is 8.52. The Labute approximate surface area is 373 Å². The molecule has 0 atom stereocenters. The second-order valence-electron chi connectivity index (χ2n) is 18.1. The molecule has 0 N–H and O–H groups in total. The molecular weight excluding hydrogens is 775 g/mol. The van der Waals surface area contributed by atoms with E-state index in [2.05, 4.69) is 221 Å². The van der Waals surface area contributed by atoms with E-state index in [0.717, 1.165) is 0 Å². The van der Waals surface area contributed by atoms with Crippen LogP contribution in [0.25, 0.3) is 105 Å². The molecule has 12 aromatic rings. The van der Waals surface area contributed by atoms with Crippen LogP contribution in [0.3, 0.4) is 0 Å². The highest BCUT2D eigenvalue weighted by Crippen LogP contribution is 2.42. The van der Waals surface area contributed by atoms with Crippen LogP contribution in [-0.2, 0) is 0 Å². The number of hydrogen-bond acceptors (Lipinski definition) is 0. The predicted octanol–water partition coefficient (Wildman–Crippen LogP) is 16.7. The quantitative estimate of drug-likeness (QED) is 0.159. The van der Waals surface area contributed by atoms with Gasteiger partial charge in [0.05, 0.1) is 33.1 Å². The third kappa shape index (κ3) is 5.88. The van der Waals surface area contributed by atoms with Gasteiger partial charge in [-0.25, -0.2) is 0 Å². The molecule has 0 bridgehead atoms. The maximum absolute atomic E-state index is 2.52. The number of aryl methyl sites for hydroxylation is 1. The number of hydrogen-bond donors (Lipinski definition) is 0. The van der Waals surface area contributed by atoms with Gasteiger partial charge in [0.1, 0.15) is 0 Å². The zero-order valence-corrected chi connectivity index (χ0v) is 36.0. The van der Waals surface area contributed by atoms with Gasteiger partial charge in [-0.15, -0.1) is 0 Å². The molecule has 0 radical (unpaired) electrons. The van der Waals surface area contributed by atoms with Crippen LogP contribution in [0.4, 0.5) is 0 Å². The molecule has 1 fully saturated rings. The molecule has 306 valence electrons. The highest BCUT2D eigenvalue weighted by Gasteiger charge is 2.21. The number of para-hydroxylation sites is 3. The van der Waals surface area contributed by atoms with Crippen molar-refractivity contribution < 1.29 is 0 Å². The molecule has 13 rings (SSSR count). The molecule has 0 unspecified atom stereocenters. The maximum atomic E-state index is 2.52. The predicted molar refractivity (Wildman–Crippen MR) is 271 cm³/mol. The number of rotatable bonds is 6. The first-order chi connectivity index (χ1) is 31.6. The summed E-state index contributed by atoms with van der Waals surface area (Å²) in [7, 11) is 0. The summed E-state index contributed by atoms with van der Waals surface area (Å²) in [6.07, 6.45) is 6.61. The van der Waals surface area contributed by atoms with Crippen molar-refractivity contribution >= 4 is 65.4 Å². The van der Waals surface area contributed by atoms with E-state index < -0.39 is 0 Å². The van der Waals surface area contributed by atoms with Crippen molar-refractivity contribution in [3.8, 4) is 39.3 Å². The van der Waals surface area contributed by atoms with Crippen molar-refractivity contribution in [1.82, 2.24) is 13.7 Å². The third-order valence-electron chi connectivity index (χ3n) is 14.3. The van der Waals surface area contributed by atoms with Crippen molar-refractivity contribution in [2.45, 2.75) is 44.9 Å². The fourth-order valence-electron chi connectivity index (χ4n) is 11.1. The lowest BCUT2D eigenvalue weighted by Crippen LogP contribution is -2.04. The molecular formula is C61H47N3. The summed E-state index contributed by atoms with van der Waals surface area (Å²) in [5.41, 5.74) is 18.5. The van der Waals surface area contributed by atoms with E-state index in [1.165, 1.54) is 148 Å². The Balaban J connectivity index is 0.995. The van der Waals surface area contributed by atoms with Crippen LogP contribution < -0.4 is 0 Å². The van der Waals surface area contributed by atoms with Crippen LogP contribution in [0.5, 0.6) is 0 Å². The molecule has 3 aromatic heterocycles. The number of benzene rings is 9. The van der Waals surface area contributed by atoms with Gasteiger partial charge in [-0.2, -0.15) is 0 Å². The summed E-state index contributed by atoms with van der Waals surface area (Å²) in [5.74, 6) is 0.645. The minimum absolute atomic E-state index is 0.645. The van der Waals surface area contributed by atoms with Gasteiger partial charge in [-0.3, -0.25) is 0 Å². The van der Waals surface area contributed by atoms with Crippen molar-refractivity contribution in [2.75, 3.05) is 0 Å². The zero-order chi connectivity index (χ0) is 42.3. The average Bonchev–Trinajstić information content (AvgIpc) is 3.99. The van der Waals surface area contributed by atoms with Crippen molar-refractivity contribution in [1.29, 1.82) is 0 Å². The molecule has 1 saturated carbocycles. The molecule has 1 aliphatic carbocycles. The van der Waals surface area contributed by atoms with Crippen LogP contribution in [0, 0.1) is 6.92 Å². The molecule has 0 spiro atoms. The van der Waals surface area contributed by atoms with Crippen LogP contribution in [0.15, 0.2) is 200 Å². The Morgan fingerprint density at radius 1 is 0.312 bits per heavy atom. The summed E-state index contributed by atoms with van der Waals surface area (Å²) in [6.45, 7) is 2.16. The monoisotopic (exact) mass is 821 g/mol. The minimum Gasteiger partial charge on any atom is -0.309 e. The van der Waals surface area contributed by atoms with Crippen LogP contribution in [-0.4, -0.2) is 13.7 Å². The highest BCUT2D eigenvalue weighted by molar-refractivity contribution is 6.14. The largest absolute Gasteiger partial charge is 0.309 e. The molecule has 0 amide bonds. The van der Waals surface area contributed by atoms with Crippen molar-refractivity contribution in [3.05, 3.63) is 211 Å². The fraction of sp³-hybridized carbons (Fsp3) is 0.115. The summed E-state index contributed by atoms with van der Waals surface area (Å²) in [5, 5.41) is 7.68. The van der Waals surface area contributed by atoms with E-state index in [4.69, 9.17) is 0 Å². The molecule has 3 nitrogen and oxygen atoms in total. The fourth-order valence-corrected chi connectivity index (χ4v) is 11.1. The van der Waals surface area contributed by atoms with Crippen molar-refractivity contribution in [2.24, 2.45) is 0 Å². The average molecular weight is 822 g/mol. The summed E-state index contributed by atoms with van der Waals surface area (Å²) in [6, 6.07) is 74.9. The normalized spacial score (nSPS) is 13.6. The molecule has 64 heavy (non-hydrogen) atoms.